The molecule has 0 heterocycles. The van der Waals surface area contributed by atoms with Gasteiger partial charge in [0.25, 0.3) is 0 Å². The summed E-state index contributed by atoms with van der Waals surface area (Å²) in [6.07, 6.45) is 0.156. The summed E-state index contributed by atoms with van der Waals surface area (Å²) in [5.74, 6) is -0.572. The van der Waals surface area contributed by atoms with Crippen LogP contribution in [0.2, 0.25) is 0 Å². The van der Waals surface area contributed by atoms with Gasteiger partial charge in [-0.2, -0.15) is 12.6 Å². The number of carbonyl (C=O) groups is 2. The van der Waals surface area contributed by atoms with Crippen LogP contribution in [-0.4, -0.2) is 29.4 Å². The van der Waals surface area contributed by atoms with Crippen LogP contribution in [0, 0.1) is 0 Å². The van der Waals surface area contributed by atoms with Crippen molar-refractivity contribution in [3.8, 4) is 0 Å². The first-order valence-electron chi connectivity index (χ1n) is 3.50. The average molecular weight is 194 g/mol. The molecule has 0 unspecified atom stereocenters. The smallest absolute Gasteiger partial charge is 0.304 e. The third-order valence-corrected chi connectivity index (χ3v) is 0.897. The van der Waals surface area contributed by atoms with E-state index in [1.54, 1.807) is 6.92 Å². The number of hydrogen-bond acceptors (Lipinski definition) is 4. The van der Waals surface area contributed by atoms with Crippen molar-refractivity contribution in [3.05, 3.63) is 0 Å². The molecule has 0 aliphatic heterocycles. The van der Waals surface area contributed by atoms with E-state index in [0.29, 0.717) is 12.4 Å². The van der Waals surface area contributed by atoms with Crippen molar-refractivity contribution in [2.24, 2.45) is 0 Å². The summed E-state index contributed by atoms with van der Waals surface area (Å²) in [5.41, 5.74) is 0. The van der Waals surface area contributed by atoms with Crippen LogP contribution < -0.4 is 0 Å². The first-order chi connectivity index (χ1) is 5.54. The first-order valence-corrected chi connectivity index (χ1v) is 4.13. The lowest BCUT2D eigenvalue weighted by Gasteiger charge is -1.89. The molecular weight excluding hydrogens is 180 g/mol. The van der Waals surface area contributed by atoms with E-state index in [9.17, 15) is 9.59 Å². The minimum atomic E-state index is -0.787. The van der Waals surface area contributed by atoms with Gasteiger partial charge < -0.3 is 9.84 Å². The van der Waals surface area contributed by atoms with Crippen LogP contribution in [0.15, 0.2) is 0 Å². The van der Waals surface area contributed by atoms with Crippen LogP contribution >= 0.6 is 12.6 Å². The number of rotatable bonds is 3. The molecule has 0 spiro atoms. The number of thiol groups is 1. The third kappa shape index (κ3) is 22.8. The van der Waals surface area contributed by atoms with Crippen LogP contribution in [0.1, 0.15) is 20.3 Å². The van der Waals surface area contributed by atoms with Crippen LogP contribution in [0.3, 0.4) is 0 Å². The normalized spacial score (nSPS) is 7.92. The monoisotopic (exact) mass is 194 g/mol. The minimum absolute atomic E-state index is 0.156. The highest BCUT2D eigenvalue weighted by atomic mass is 32.1. The van der Waals surface area contributed by atoms with Gasteiger partial charge >= 0.3 is 11.9 Å². The Hall–Kier alpha value is -0.710. The number of carboxylic acids is 1. The van der Waals surface area contributed by atoms with Crippen molar-refractivity contribution >= 4 is 24.6 Å². The molecule has 0 atom stereocenters. The molecule has 0 aliphatic carbocycles. The summed E-state index contributed by atoms with van der Waals surface area (Å²) in [4.78, 5) is 19.4. The van der Waals surface area contributed by atoms with Gasteiger partial charge in [-0.1, -0.05) is 0 Å². The molecule has 0 amide bonds. The third-order valence-electron chi connectivity index (χ3n) is 0.673. The number of hydrogen-bond donors (Lipinski definition) is 2. The van der Waals surface area contributed by atoms with Gasteiger partial charge in [0.15, 0.2) is 0 Å². The topological polar surface area (TPSA) is 63.6 Å². The van der Waals surface area contributed by atoms with Gasteiger partial charge in [0.1, 0.15) is 0 Å². The molecule has 0 rings (SSSR count). The number of carbonyl (C=O) groups excluding carboxylic acids is 1. The molecule has 12 heavy (non-hydrogen) atoms. The van der Waals surface area contributed by atoms with Crippen LogP contribution in [0.4, 0.5) is 0 Å². The van der Waals surface area contributed by atoms with Gasteiger partial charge in [-0.25, -0.2) is 0 Å². The summed E-state index contributed by atoms with van der Waals surface area (Å²) in [6.45, 7) is 3.65. The Bertz CT molecular complexity index is 119. The Labute approximate surface area is 77.3 Å². The van der Waals surface area contributed by atoms with E-state index >= 15 is 0 Å². The second-order valence-corrected chi connectivity index (χ2v) is 2.24. The van der Waals surface area contributed by atoms with Crippen molar-refractivity contribution in [3.63, 3.8) is 0 Å². The zero-order chi connectivity index (χ0) is 9.98. The van der Waals surface area contributed by atoms with Crippen LogP contribution in [-0.2, 0) is 14.3 Å². The molecular formula is C7H14O4S. The summed E-state index contributed by atoms with van der Waals surface area (Å²) in [6, 6.07) is 0. The number of aliphatic carboxylic acids is 1. The van der Waals surface area contributed by atoms with Gasteiger partial charge in [-0.15, -0.1) is 0 Å². The Kier molecular flexibility index (Phi) is 11.9. The van der Waals surface area contributed by atoms with Crippen LogP contribution in [0.5, 0.6) is 0 Å². The first kappa shape index (κ1) is 13.9. The quantitative estimate of drug-likeness (QED) is 0.519. The molecule has 0 bridgehead atoms. The summed E-state index contributed by atoms with van der Waals surface area (Å²) in [7, 11) is 0. The van der Waals surface area contributed by atoms with E-state index in [1.807, 2.05) is 0 Å². The Balaban J connectivity index is 0. The van der Waals surface area contributed by atoms with Gasteiger partial charge in [0.05, 0.1) is 13.0 Å². The van der Waals surface area contributed by atoms with Crippen molar-refractivity contribution in [2.45, 2.75) is 20.3 Å². The molecule has 0 fully saturated rings. The molecule has 4 nitrogen and oxygen atoms in total. The molecule has 0 saturated carbocycles. The zero-order valence-electron chi connectivity index (χ0n) is 7.24. The second kappa shape index (κ2) is 10.3. The van der Waals surface area contributed by atoms with Gasteiger partial charge in [0.2, 0.25) is 0 Å². The van der Waals surface area contributed by atoms with Crippen molar-refractivity contribution in [1.29, 1.82) is 0 Å². The SMILES string of the molecule is CCOC(C)=O.O=C(O)CCS. The molecule has 0 saturated heterocycles. The minimum Gasteiger partial charge on any atom is -0.481 e. The average Bonchev–Trinajstić information content (AvgIpc) is 1.87. The summed E-state index contributed by atoms with van der Waals surface area (Å²) < 4.78 is 4.40. The van der Waals surface area contributed by atoms with Gasteiger partial charge in [0, 0.05) is 12.7 Å². The lowest BCUT2D eigenvalue weighted by atomic mass is 10.5. The molecule has 1 N–H and O–H groups in total. The Morgan fingerprint density at radius 3 is 2.00 bits per heavy atom. The van der Waals surface area contributed by atoms with Crippen molar-refractivity contribution in [2.75, 3.05) is 12.4 Å². The molecule has 0 aliphatic rings. The number of ether oxygens (including phenoxy) is 1. The van der Waals surface area contributed by atoms with E-state index < -0.39 is 5.97 Å². The van der Waals surface area contributed by atoms with E-state index in [2.05, 4.69) is 17.4 Å². The number of carboxylic acid groups (broad SMARTS) is 1. The standard InChI is InChI=1S/C4H8O2.C3H6O2S/c1-3-6-4(2)5;4-3(5)1-2-6/h3H2,1-2H3;6H,1-2H2,(H,4,5). The molecule has 0 aromatic carbocycles. The lowest BCUT2D eigenvalue weighted by molar-refractivity contribution is -0.140. The molecule has 5 heteroatoms. The predicted molar refractivity (Wildman–Crippen MR) is 48.4 cm³/mol. The van der Waals surface area contributed by atoms with E-state index in [1.165, 1.54) is 6.92 Å². The van der Waals surface area contributed by atoms with Gasteiger partial charge in [-0.05, 0) is 6.92 Å². The van der Waals surface area contributed by atoms with Crippen molar-refractivity contribution < 1.29 is 19.4 Å². The molecule has 0 aromatic rings. The second-order valence-electron chi connectivity index (χ2n) is 1.79. The molecule has 72 valence electrons. The highest BCUT2D eigenvalue weighted by Crippen LogP contribution is 1.79. The lowest BCUT2D eigenvalue weighted by Crippen LogP contribution is -1.95. The van der Waals surface area contributed by atoms with E-state index in [0.717, 1.165) is 0 Å². The predicted octanol–water partition coefficient (Wildman–Crippen LogP) is 0.960. The fraction of sp³-hybridized carbons (Fsp3) is 0.714. The fourth-order valence-corrected chi connectivity index (χ4v) is 0.490. The highest BCUT2D eigenvalue weighted by Gasteiger charge is 1.88. The van der Waals surface area contributed by atoms with Crippen molar-refractivity contribution in [1.82, 2.24) is 0 Å². The fourth-order valence-electron chi connectivity index (χ4n) is 0.299. The largest absolute Gasteiger partial charge is 0.481 e. The Morgan fingerprint density at radius 1 is 1.50 bits per heavy atom. The maximum absolute atomic E-state index is 9.82. The van der Waals surface area contributed by atoms with E-state index in [-0.39, 0.29) is 12.4 Å². The van der Waals surface area contributed by atoms with Crippen LogP contribution in [0.25, 0.3) is 0 Å². The van der Waals surface area contributed by atoms with E-state index in [4.69, 9.17) is 5.11 Å². The molecule has 0 aromatic heterocycles. The maximum atomic E-state index is 9.82. The maximum Gasteiger partial charge on any atom is 0.304 e. The zero-order valence-corrected chi connectivity index (χ0v) is 8.13. The number of esters is 1. The Morgan fingerprint density at radius 2 is 2.00 bits per heavy atom. The summed E-state index contributed by atoms with van der Waals surface area (Å²) in [5, 5.41) is 7.86. The molecule has 0 radical (unpaired) electrons. The van der Waals surface area contributed by atoms with Gasteiger partial charge in [-0.3, -0.25) is 9.59 Å². The summed E-state index contributed by atoms with van der Waals surface area (Å²) >= 11 is 3.68. The highest BCUT2D eigenvalue weighted by molar-refractivity contribution is 7.80.